The maximum absolute atomic E-state index is 12.8. The second kappa shape index (κ2) is 7.77. The van der Waals surface area contributed by atoms with Gasteiger partial charge in [-0.15, -0.1) is 16.4 Å². The molecular formula is C22H24N6OS. The lowest BCUT2D eigenvalue weighted by molar-refractivity contribution is 0.260. The minimum atomic E-state index is 0.0683. The SMILES string of the molecule is Cc1nc2sccn2c(=O)c1CCN1CCN(c2nnc(C)c3ccccc23)CC1. The van der Waals surface area contributed by atoms with Crippen LogP contribution in [0.5, 0.6) is 0 Å². The fourth-order valence-electron chi connectivity index (χ4n) is 4.22. The van der Waals surface area contributed by atoms with Crippen LogP contribution in [0.4, 0.5) is 5.82 Å². The fraction of sp³-hybridized carbons (Fsp3) is 0.364. The molecular weight excluding hydrogens is 396 g/mol. The van der Waals surface area contributed by atoms with Gasteiger partial charge in [0.1, 0.15) is 0 Å². The Morgan fingerprint density at radius 3 is 2.57 bits per heavy atom. The molecule has 4 aromatic rings. The number of rotatable bonds is 4. The van der Waals surface area contributed by atoms with Crippen molar-refractivity contribution in [3.8, 4) is 0 Å². The molecule has 0 saturated carbocycles. The van der Waals surface area contributed by atoms with Gasteiger partial charge in [-0.05, 0) is 20.3 Å². The zero-order valence-corrected chi connectivity index (χ0v) is 18.0. The van der Waals surface area contributed by atoms with Gasteiger partial charge in [0.25, 0.3) is 5.56 Å². The Morgan fingerprint density at radius 1 is 1.00 bits per heavy atom. The van der Waals surface area contributed by atoms with Gasteiger partial charge in [-0.3, -0.25) is 14.1 Å². The van der Waals surface area contributed by atoms with Crippen molar-refractivity contribution in [2.24, 2.45) is 0 Å². The highest BCUT2D eigenvalue weighted by atomic mass is 32.1. The predicted molar refractivity (Wildman–Crippen MR) is 121 cm³/mol. The molecule has 0 bridgehead atoms. The van der Waals surface area contributed by atoms with Crippen molar-refractivity contribution < 1.29 is 0 Å². The summed E-state index contributed by atoms with van der Waals surface area (Å²) in [5, 5.41) is 13.1. The summed E-state index contributed by atoms with van der Waals surface area (Å²) in [7, 11) is 0. The Bertz CT molecular complexity index is 1270. The predicted octanol–water partition coefficient (Wildman–Crippen LogP) is 2.68. The van der Waals surface area contributed by atoms with E-state index in [1.807, 2.05) is 31.5 Å². The van der Waals surface area contributed by atoms with E-state index in [2.05, 4.69) is 43.2 Å². The highest BCUT2D eigenvalue weighted by Crippen LogP contribution is 2.26. The third-order valence-electron chi connectivity index (χ3n) is 5.97. The average Bonchev–Trinajstić information content (AvgIpc) is 3.23. The number of aryl methyl sites for hydroxylation is 2. The number of fused-ring (bicyclic) bond motifs is 2. The van der Waals surface area contributed by atoms with E-state index in [0.29, 0.717) is 0 Å². The van der Waals surface area contributed by atoms with E-state index >= 15 is 0 Å². The third-order valence-corrected chi connectivity index (χ3v) is 6.73. The lowest BCUT2D eigenvalue weighted by Crippen LogP contribution is -2.47. The number of anilines is 1. The van der Waals surface area contributed by atoms with Gasteiger partial charge in [0, 0.05) is 66.3 Å². The highest BCUT2D eigenvalue weighted by Gasteiger charge is 2.21. The molecule has 0 unspecified atom stereocenters. The van der Waals surface area contributed by atoms with Gasteiger partial charge in [-0.1, -0.05) is 24.3 Å². The standard InChI is InChI=1S/C22H24N6OS/c1-15-18(21(29)28-13-14-30-22(28)23-15)7-8-26-9-11-27(12-10-26)20-19-6-4-3-5-17(19)16(2)24-25-20/h3-6,13-14H,7-12H2,1-2H3. The van der Waals surface area contributed by atoms with Crippen molar-refractivity contribution in [3.63, 3.8) is 0 Å². The molecule has 4 heterocycles. The lowest BCUT2D eigenvalue weighted by Gasteiger charge is -2.35. The lowest BCUT2D eigenvalue weighted by atomic mass is 10.1. The molecule has 0 radical (unpaired) electrons. The van der Waals surface area contributed by atoms with E-state index in [1.54, 1.807) is 4.40 Å². The molecule has 3 aromatic heterocycles. The number of piperazine rings is 1. The van der Waals surface area contributed by atoms with Crippen LogP contribution in [0.2, 0.25) is 0 Å². The smallest absolute Gasteiger partial charge is 0.261 e. The van der Waals surface area contributed by atoms with Gasteiger partial charge in [0.05, 0.1) is 5.69 Å². The van der Waals surface area contributed by atoms with E-state index in [4.69, 9.17) is 0 Å². The second-order valence-electron chi connectivity index (χ2n) is 7.77. The monoisotopic (exact) mass is 420 g/mol. The first kappa shape index (κ1) is 19.1. The van der Waals surface area contributed by atoms with Crippen LogP contribution in [0, 0.1) is 13.8 Å². The van der Waals surface area contributed by atoms with Crippen LogP contribution in [-0.4, -0.2) is 57.2 Å². The van der Waals surface area contributed by atoms with Gasteiger partial charge in [0.2, 0.25) is 0 Å². The molecule has 0 atom stereocenters. The number of nitrogens with zero attached hydrogens (tertiary/aromatic N) is 6. The summed E-state index contributed by atoms with van der Waals surface area (Å²) in [5.74, 6) is 0.969. The average molecular weight is 421 g/mol. The van der Waals surface area contributed by atoms with Crippen LogP contribution in [0.3, 0.4) is 0 Å². The molecule has 30 heavy (non-hydrogen) atoms. The largest absolute Gasteiger partial charge is 0.352 e. The first-order valence-electron chi connectivity index (χ1n) is 10.3. The van der Waals surface area contributed by atoms with Crippen LogP contribution in [-0.2, 0) is 6.42 Å². The van der Waals surface area contributed by atoms with Crippen LogP contribution in [0.1, 0.15) is 17.0 Å². The van der Waals surface area contributed by atoms with Crippen molar-refractivity contribution >= 4 is 32.9 Å². The number of hydrogen-bond acceptors (Lipinski definition) is 7. The molecule has 5 rings (SSSR count). The molecule has 154 valence electrons. The number of aromatic nitrogens is 4. The maximum Gasteiger partial charge on any atom is 0.261 e. The van der Waals surface area contributed by atoms with E-state index in [0.717, 1.165) is 77.6 Å². The molecule has 7 nitrogen and oxygen atoms in total. The fourth-order valence-corrected chi connectivity index (χ4v) is 4.97. The van der Waals surface area contributed by atoms with Gasteiger partial charge in [-0.25, -0.2) is 4.98 Å². The number of thiazole rings is 1. The van der Waals surface area contributed by atoms with Crippen molar-refractivity contribution in [2.45, 2.75) is 20.3 Å². The van der Waals surface area contributed by atoms with Crippen molar-refractivity contribution in [2.75, 3.05) is 37.6 Å². The van der Waals surface area contributed by atoms with E-state index in [9.17, 15) is 4.79 Å². The summed E-state index contributed by atoms with van der Waals surface area (Å²) in [5.41, 5.74) is 2.70. The Kier molecular flexibility index (Phi) is 4.96. The molecule has 1 aromatic carbocycles. The Labute approximate surface area is 178 Å². The topological polar surface area (TPSA) is 66.6 Å². The van der Waals surface area contributed by atoms with Crippen LogP contribution in [0.15, 0.2) is 40.6 Å². The molecule has 1 fully saturated rings. The molecule has 1 aliphatic heterocycles. The van der Waals surface area contributed by atoms with E-state index in [1.165, 1.54) is 11.3 Å². The first-order chi connectivity index (χ1) is 14.6. The second-order valence-corrected chi connectivity index (χ2v) is 8.64. The zero-order valence-electron chi connectivity index (χ0n) is 17.2. The molecule has 8 heteroatoms. The quantitative estimate of drug-likeness (QED) is 0.506. The van der Waals surface area contributed by atoms with Crippen molar-refractivity contribution in [3.05, 3.63) is 63.1 Å². The summed E-state index contributed by atoms with van der Waals surface area (Å²) >= 11 is 1.50. The Morgan fingerprint density at radius 2 is 1.77 bits per heavy atom. The molecule has 1 aliphatic rings. The summed E-state index contributed by atoms with van der Waals surface area (Å²) in [6.07, 6.45) is 2.54. The molecule has 0 N–H and O–H groups in total. The molecule has 0 amide bonds. The van der Waals surface area contributed by atoms with E-state index < -0.39 is 0 Å². The Balaban J connectivity index is 1.27. The van der Waals surface area contributed by atoms with Crippen LogP contribution < -0.4 is 10.5 Å². The van der Waals surface area contributed by atoms with Gasteiger partial charge in [-0.2, -0.15) is 5.10 Å². The maximum atomic E-state index is 12.8. The summed E-state index contributed by atoms with van der Waals surface area (Å²) < 4.78 is 1.66. The normalized spacial score (nSPS) is 15.3. The van der Waals surface area contributed by atoms with Crippen molar-refractivity contribution in [1.29, 1.82) is 0 Å². The number of benzene rings is 1. The van der Waals surface area contributed by atoms with Gasteiger partial charge in [0.15, 0.2) is 10.8 Å². The zero-order chi connectivity index (χ0) is 20.7. The van der Waals surface area contributed by atoms with Gasteiger partial charge < -0.3 is 4.90 Å². The first-order valence-corrected chi connectivity index (χ1v) is 11.1. The van der Waals surface area contributed by atoms with Gasteiger partial charge >= 0.3 is 0 Å². The molecule has 0 aliphatic carbocycles. The Hall–Kier alpha value is -2.84. The molecule has 1 saturated heterocycles. The van der Waals surface area contributed by atoms with E-state index in [-0.39, 0.29) is 5.56 Å². The summed E-state index contributed by atoms with van der Waals surface area (Å²) in [4.78, 5) is 22.9. The summed E-state index contributed by atoms with van der Waals surface area (Å²) in [6, 6.07) is 8.34. The van der Waals surface area contributed by atoms with Crippen LogP contribution >= 0.6 is 11.3 Å². The summed E-state index contributed by atoms with van der Waals surface area (Å²) in [6.45, 7) is 8.50. The third kappa shape index (κ3) is 3.36. The minimum Gasteiger partial charge on any atom is -0.352 e. The minimum absolute atomic E-state index is 0.0683. The van der Waals surface area contributed by atoms with Crippen molar-refractivity contribution in [1.82, 2.24) is 24.5 Å². The number of hydrogen-bond donors (Lipinski definition) is 0. The van der Waals surface area contributed by atoms with Crippen LogP contribution in [0.25, 0.3) is 15.7 Å². The molecule has 0 spiro atoms. The highest BCUT2D eigenvalue weighted by molar-refractivity contribution is 7.15.